The summed E-state index contributed by atoms with van der Waals surface area (Å²) >= 11 is 0. The Bertz CT molecular complexity index is 558. The molecule has 1 heterocycles. The second kappa shape index (κ2) is 4.54. The van der Waals surface area contributed by atoms with E-state index >= 15 is 0 Å². The van der Waals surface area contributed by atoms with Gasteiger partial charge in [0.15, 0.2) is 0 Å². The van der Waals surface area contributed by atoms with Crippen molar-refractivity contribution in [2.75, 3.05) is 20.1 Å². The number of nitrogens with zero attached hydrogens (tertiary/aromatic N) is 2. The van der Waals surface area contributed by atoms with Crippen LogP contribution in [0.3, 0.4) is 0 Å². The van der Waals surface area contributed by atoms with Crippen molar-refractivity contribution in [1.82, 2.24) is 9.80 Å². The summed E-state index contributed by atoms with van der Waals surface area (Å²) in [5, 5.41) is 0. The second-order valence-electron chi connectivity index (χ2n) is 6.60. The third-order valence-corrected chi connectivity index (χ3v) is 5.01. The van der Waals surface area contributed by atoms with Crippen molar-refractivity contribution in [3.63, 3.8) is 0 Å². The van der Waals surface area contributed by atoms with Gasteiger partial charge in [-0.3, -0.25) is 0 Å². The van der Waals surface area contributed by atoms with E-state index in [0.717, 1.165) is 12.6 Å². The Balaban J connectivity index is 1.60. The average Bonchev–Trinajstić information content (AvgIpc) is 3.06. The Hall–Kier alpha value is -1.44. The first-order valence-corrected chi connectivity index (χ1v) is 8.10. The molecule has 3 aliphatic carbocycles. The van der Waals surface area contributed by atoms with Crippen molar-refractivity contribution in [2.24, 2.45) is 0 Å². The lowest BCUT2D eigenvalue weighted by Crippen LogP contribution is -2.21. The molecule has 0 amide bonds. The Kier molecular flexibility index (Phi) is 2.80. The summed E-state index contributed by atoms with van der Waals surface area (Å²) in [6.07, 6.45) is 13.7. The quantitative estimate of drug-likeness (QED) is 0.768. The highest BCUT2D eigenvalue weighted by Gasteiger charge is 2.36. The first-order valence-electron chi connectivity index (χ1n) is 8.10. The van der Waals surface area contributed by atoms with Crippen molar-refractivity contribution in [3.05, 3.63) is 46.3 Å². The van der Waals surface area contributed by atoms with E-state index in [4.69, 9.17) is 0 Å². The van der Waals surface area contributed by atoms with Crippen LogP contribution in [0.15, 0.2) is 46.3 Å². The molecule has 0 bridgehead atoms. The fourth-order valence-corrected chi connectivity index (χ4v) is 3.74. The summed E-state index contributed by atoms with van der Waals surface area (Å²) in [7, 11) is 2.21. The summed E-state index contributed by atoms with van der Waals surface area (Å²) in [6.45, 7) is 4.65. The Morgan fingerprint density at radius 3 is 2.85 bits per heavy atom. The number of hydrogen-bond acceptors (Lipinski definition) is 2. The SMILES string of the molecule is CCCN(C)C1=CC2=CC3=C(CCN3C3CC3)CC2=C1. The topological polar surface area (TPSA) is 6.48 Å². The highest BCUT2D eigenvalue weighted by molar-refractivity contribution is 5.60. The molecule has 2 nitrogen and oxygen atoms in total. The van der Waals surface area contributed by atoms with E-state index in [1.807, 2.05) is 0 Å². The lowest BCUT2D eigenvalue weighted by Gasteiger charge is -2.23. The first kappa shape index (κ1) is 12.3. The van der Waals surface area contributed by atoms with Gasteiger partial charge in [0.1, 0.15) is 0 Å². The van der Waals surface area contributed by atoms with Crippen LogP contribution in [-0.2, 0) is 0 Å². The van der Waals surface area contributed by atoms with Gasteiger partial charge in [-0.1, -0.05) is 6.92 Å². The van der Waals surface area contributed by atoms with Gasteiger partial charge in [0.25, 0.3) is 0 Å². The zero-order valence-corrected chi connectivity index (χ0v) is 12.7. The molecule has 0 aromatic heterocycles. The van der Waals surface area contributed by atoms with Gasteiger partial charge in [0.05, 0.1) is 0 Å². The predicted octanol–water partition coefficient (Wildman–Crippen LogP) is 3.60. The maximum absolute atomic E-state index is 2.67. The molecule has 0 N–H and O–H groups in total. The lowest BCUT2D eigenvalue weighted by molar-refractivity contribution is 0.376. The smallest absolute Gasteiger partial charge is 0.0372 e. The number of rotatable bonds is 4. The molecule has 0 radical (unpaired) electrons. The van der Waals surface area contributed by atoms with Gasteiger partial charge in [0, 0.05) is 37.6 Å². The van der Waals surface area contributed by atoms with E-state index in [2.05, 4.69) is 42.0 Å². The molecule has 0 atom stereocenters. The number of hydrogen-bond donors (Lipinski definition) is 0. The summed E-state index contributed by atoms with van der Waals surface area (Å²) < 4.78 is 0. The zero-order valence-electron chi connectivity index (χ0n) is 12.7. The normalized spacial score (nSPS) is 24.3. The molecule has 0 aromatic carbocycles. The van der Waals surface area contributed by atoms with Crippen molar-refractivity contribution < 1.29 is 0 Å². The van der Waals surface area contributed by atoms with E-state index in [9.17, 15) is 0 Å². The van der Waals surface area contributed by atoms with Crippen molar-refractivity contribution in [1.29, 1.82) is 0 Å². The largest absolute Gasteiger partial charge is 0.375 e. The average molecular weight is 268 g/mol. The van der Waals surface area contributed by atoms with Crippen LogP contribution in [-0.4, -0.2) is 36.0 Å². The van der Waals surface area contributed by atoms with Gasteiger partial charge < -0.3 is 9.80 Å². The van der Waals surface area contributed by atoms with Gasteiger partial charge in [-0.2, -0.15) is 0 Å². The highest BCUT2D eigenvalue weighted by atomic mass is 15.2. The molecule has 4 aliphatic rings. The van der Waals surface area contributed by atoms with Crippen LogP contribution < -0.4 is 0 Å². The monoisotopic (exact) mass is 268 g/mol. The molecule has 106 valence electrons. The van der Waals surface area contributed by atoms with Crippen LogP contribution in [0.2, 0.25) is 0 Å². The molecule has 0 saturated heterocycles. The molecule has 1 saturated carbocycles. The second-order valence-corrected chi connectivity index (χ2v) is 6.60. The van der Waals surface area contributed by atoms with Crippen molar-refractivity contribution in [2.45, 2.75) is 45.1 Å². The fraction of sp³-hybridized carbons (Fsp3) is 0.556. The first-order chi connectivity index (χ1) is 9.76. The summed E-state index contributed by atoms with van der Waals surface area (Å²) in [5.41, 5.74) is 7.65. The standard InChI is InChI=1S/C18H24N2/c1-3-7-19(2)17-10-14-9-13-6-8-20(16-4-5-16)18(13)12-15(14)11-17/h10-12,16H,3-9H2,1-2H3. The minimum atomic E-state index is 0.859. The predicted molar refractivity (Wildman–Crippen MR) is 83.2 cm³/mol. The molecule has 1 aliphatic heterocycles. The summed E-state index contributed by atoms with van der Waals surface area (Å²) in [5.74, 6) is 0. The molecule has 0 spiro atoms. The van der Waals surface area contributed by atoms with Gasteiger partial charge in [-0.25, -0.2) is 0 Å². The molecule has 0 aromatic rings. The van der Waals surface area contributed by atoms with Crippen LogP contribution in [0.1, 0.15) is 39.0 Å². The van der Waals surface area contributed by atoms with Gasteiger partial charge in [0.2, 0.25) is 0 Å². The van der Waals surface area contributed by atoms with E-state index in [1.165, 1.54) is 49.9 Å². The third kappa shape index (κ3) is 1.93. The lowest BCUT2D eigenvalue weighted by atomic mass is 9.93. The van der Waals surface area contributed by atoms with Crippen LogP contribution >= 0.6 is 0 Å². The Morgan fingerprint density at radius 2 is 2.10 bits per heavy atom. The third-order valence-electron chi connectivity index (χ3n) is 5.01. The van der Waals surface area contributed by atoms with Crippen LogP contribution in [0, 0.1) is 0 Å². The van der Waals surface area contributed by atoms with E-state index in [-0.39, 0.29) is 0 Å². The minimum Gasteiger partial charge on any atom is -0.375 e. The Labute approximate surface area is 122 Å². The van der Waals surface area contributed by atoms with Gasteiger partial charge in [-0.15, -0.1) is 0 Å². The molecular weight excluding hydrogens is 244 g/mol. The van der Waals surface area contributed by atoms with Gasteiger partial charge >= 0.3 is 0 Å². The number of fused-ring (bicyclic) bond motifs is 1. The molecule has 4 rings (SSSR count). The molecule has 1 fully saturated rings. The van der Waals surface area contributed by atoms with Crippen LogP contribution in [0.25, 0.3) is 0 Å². The molecule has 0 unspecified atom stereocenters. The Morgan fingerprint density at radius 1 is 1.25 bits per heavy atom. The van der Waals surface area contributed by atoms with E-state index in [1.54, 1.807) is 16.8 Å². The van der Waals surface area contributed by atoms with Crippen molar-refractivity contribution >= 4 is 0 Å². The van der Waals surface area contributed by atoms with Crippen molar-refractivity contribution in [3.8, 4) is 0 Å². The zero-order chi connectivity index (χ0) is 13.7. The van der Waals surface area contributed by atoms with Crippen LogP contribution in [0.4, 0.5) is 0 Å². The van der Waals surface area contributed by atoms with E-state index < -0.39 is 0 Å². The maximum atomic E-state index is 2.67. The fourth-order valence-electron chi connectivity index (χ4n) is 3.74. The number of allylic oxidation sites excluding steroid dienone is 5. The molecule has 20 heavy (non-hydrogen) atoms. The molecule has 2 heteroatoms. The van der Waals surface area contributed by atoms with Crippen LogP contribution in [0.5, 0.6) is 0 Å². The maximum Gasteiger partial charge on any atom is 0.0372 e. The molecular formula is C18H24N2. The number of likely N-dealkylation sites (N-methyl/N-ethyl adjacent to an activating group) is 1. The summed E-state index contributed by atoms with van der Waals surface area (Å²) in [4.78, 5) is 5.05. The van der Waals surface area contributed by atoms with E-state index in [0.29, 0.717) is 0 Å². The minimum absolute atomic E-state index is 0.859. The summed E-state index contributed by atoms with van der Waals surface area (Å²) in [6, 6.07) is 0.859. The van der Waals surface area contributed by atoms with Gasteiger partial charge in [-0.05, 0) is 67.1 Å². The highest BCUT2D eigenvalue weighted by Crippen LogP contribution is 2.44.